The summed E-state index contributed by atoms with van der Waals surface area (Å²) in [5.41, 5.74) is 0.212. The van der Waals surface area contributed by atoms with E-state index in [-0.39, 0.29) is 27.5 Å². The highest BCUT2D eigenvalue weighted by Crippen LogP contribution is 2.26. The van der Waals surface area contributed by atoms with Crippen LogP contribution in [0.5, 0.6) is 0 Å². The molecule has 7 nitrogen and oxygen atoms in total. The van der Waals surface area contributed by atoms with E-state index in [0.717, 1.165) is 6.07 Å². The number of fused-ring (bicyclic) bond motifs is 2. The van der Waals surface area contributed by atoms with E-state index < -0.39 is 26.4 Å². The Kier molecular flexibility index (Phi) is 3.66. The van der Waals surface area contributed by atoms with E-state index in [9.17, 15) is 22.6 Å². The summed E-state index contributed by atoms with van der Waals surface area (Å²) in [6.45, 7) is 1.75. The maximum absolute atomic E-state index is 12.7. The van der Waals surface area contributed by atoms with Crippen LogP contribution < -0.4 is 5.43 Å². The van der Waals surface area contributed by atoms with E-state index in [4.69, 9.17) is 9.52 Å². The van der Waals surface area contributed by atoms with Crippen molar-refractivity contribution < 1.29 is 27.3 Å². The van der Waals surface area contributed by atoms with Gasteiger partial charge in [-0.1, -0.05) is 6.92 Å². The molecular weight excluding hydrogens is 336 g/mol. The van der Waals surface area contributed by atoms with Crippen LogP contribution in [0.2, 0.25) is 0 Å². The maximum atomic E-state index is 12.7. The Bertz CT molecular complexity index is 1160. The van der Waals surface area contributed by atoms with Gasteiger partial charge >= 0.3 is 5.97 Å². The van der Waals surface area contributed by atoms with Crippen molar-refractivity contribution in [3.63, 3.8) is 0 Å². The van der Waals surface area contributed by atoms with Crippen molar-refractivity contribution in [1.82, 2.24) is 0 Å². The van der Waals surface area contributed by atoms with Gasteiger partial charge in [0.2, 0.25) is 5.43 Å². The summed E-state index contributed by atoms with van der Waals surface area (Å²) in [4.78, 5) is 23.3. The van der Waals surface area contributed by atoms with Gasteiger partial charge in [0.1, 0.15) is 11.2 Å². The molecule has 0 atom stereocenters. The largest absolute Gasteiger partial charge is 0.478 e. The highest BCUT2D eigenvalue weighted by molar-refractivity contribution is 7.85. The molecule has 24 heavy (non-hydrogen) atoms. The van der Waals surface area contributed by atoms with E-state index in [0.29, 0.717) is 12.0 Å². The SMILES string of the molecule is CCc1cc(S(=O)(=O)O)cc2c(=O)c3cc(C(=O)O)ccc3oc12. The van der Waals surface area contributed by atoms with Gasteiger partial charge in [-0.3, -0.25) is 9.35 Å². The fourth-order valence-electron chi connectivity index (χ4n) is 2.54. The van der Waals surface area contributed by atoms with Crippen LogP contribution in [-0.4, -0.2) is 24.0 Å². The first-order valence-corrected chi connectivity index (χ1v) is 8.40. The summed E-state index contributed by atoms with van der Waals surface area (Å²) in [6, 6.07) is 6.16. The number of benzene rings is 2. The molecule has 2 N–H and O–H groups in total. The lowest BCUT2D eigenvalue weighted by atomic mass is 10.1. The standard InChI is InChI=1S/C16H12O7S/c1-2-8-5-10(24(20,21)22)7-12-14(17)11-6-9(16(18)19)3-4-13(11)23-15(8)12/h3-7H,2H2,1H3,(H,18,19)(H,20,21,22). The molecule has 3 aromatic rings. The lowest BCUT2D eigenvalue weighted by Crippen LogP contribution is -2.08. The molecule has 0 saturated heterocycles. The Balaban J connectivity index is 2.51. The summed E-state index contributed by atoms with van der Waals surface area (Å²) in [5, 5.41) is 9.03. The topological polar surface area (TPSA) is 122 Å². The van der Waals surface area contributed by atoms with Gasteiger partial charge in [0.05, 0.1) is 21.2 Å². The zero-order valence-corrected chi connectivity index (χ0v) is 13.3. The predicted octanol–water partition coefficient (Wildman–Crippen LogP) is 2.45. The smallest absolute Gasteiger partial charge is 0.335 e. The third-order valence-electron chi connectivity index (χ3n) is 3.75. The number of hydrogen-bond acceptors (Lipinski definition) is 5. The molecule has 8 heteroatoms. The molecule has 1 heterocycles. The number of rotatable bonds is 3. The van der Waals surface area contributed by atoms with Crippen molar-refractivity contribution in [2.24, 2.45) is 0 Å². The van der Waals surface area contributed by atoms with E-state index in [2.05, 4.69) is 0 Å². The van der Waals surface area contributed by atoms with E-state index in [1.165, 1.54) is 24.3 Å². The van der Waals surface area contributed by atoms with E-state index in [1.54, 1.807) is 6.92 Å². The highest BCUT2D eigenvalue weighted by Gasteiger charge is 2.18. The Morgan fingerprint density at radius 1 is 1.17 bits per heavy atom. The Labute approximate surface area is 135 Å². The molecule has 0 spiro atoms. The molecule has 3 rings (SSSR count). The van der Waals surface area contributed by atoms with Gasteiger partial charge in [-0.15, -0.1) is 0 Å². The Hall–Kier alpha value is -2.71. The van der Waals surface area contributed by atoms with Gasteiger partial charge in [0.15, 0.2) is 0 Å². The van der Waals surface area contributed by atoms with Gasteiger partial charge < -0.3 is 9.52 Å². The Morgan fingerprint density at radius 2 is 1.88 bits per heavy atom. The number of carboxylic acid groups (broad SMARTS) is 1. The first-order valence-electron chi connectivity index (χ1n) is 6.96. The number of carboxylic acids is 1. The van der Waals surface area contributed by atoms with Gasteiger partial charge in [-0.2, -0.15) is 8.42 Å². The summed E-state index contributed by atoms with van der Waals surface area (Å²) in [5.74, 6) is -1.20. The fraction of sp³-hybridized carbons (Fsp3) is 0.125. The highest BCUT2D eigenvalue weighted by atomic mass is 32.2. The minimum atomic E-state index is -4.49. The summed E-state index contributed by atoms with van der Waals surface area (Å²) in [6.07, 6.45) is 0.377. The lowest BCUT2D eigenvalue weighted by molar-refractivity contribution is 0.0697. The summed E-state index contributed by atoms with van der Waals surface area (Å²) < 4.78 is 37.7. The zero-order chi connectivity index (χ0) is 17.6. The molecule has 0 fully saturated rings. The fourth-order valence-corrected chi connectivity index (χ4v) is 3.10. The molecule has 0 saturated carbocycles. The normalized spacial score (nSPS) is 11.9. The van der Waals surface area contributed by atoms with Crippen LogP contribution in [0.4, 0.5) is 0 Å². The lowest BCUT2D eigenvalue weighted by Gasteiger charge is -2.08. The third-order valence-corrected chi connectivity index (χ3v) is 4.58. The molecule has 124 valence electrons. The predicted molar refractivity (Wildman–Crippen MR) is 86.1 cm³/mol. The first-order chi connectivity index (χ1) is 11.2. The van der Waals surface area contributed by atoms with Crippen LogP contribution in [0, 0.1) is 0 Å². The van der Waals surface area contributed by atoms with E-state index >= 15 is 0 Å². The second-order valence-electron chi connectivity index (χ2n) is 5.23. The monoisotopic (exact) mass is 348 g/mol. The maximum Gasteiger partial charge on any atom is 0.335 e. The van der Waals surface area contributed by atoms with Crippen LogP contribution in [-0.2, 0) is 16.5 Å². The van der Waals surface area contributed by atoms with Crippen LogP contribution in [0.15, 0.2) is 44.4 Å². The van der Waals surface area contributed by atoms with Crippen molar-refractivity contribution in [2.45, 2.75) is 18.2 Å². The average Bonchev–Trinajstić information content (AvgIpc) is 2.53. The summed E-state index contributed by atoms with van der Waals surface area (Å²) in [7, 11) is -4.49. The second kappa shape index (κ2) is 5.43. The molecule has 1 aromatic heterocycles. The molecule has 0 aliphatic heterocycles. The number of hydrogen-bond donors (Lipinski definition) is 2. The molecule has 0 aliphatic carbocycles. The molecule has 0 radical (unpaired) electrons. The van der Waals surface area contributed by atoms with E-state index in [1.807, 2.05) is 0 Å². The minimum Gasteiger partial charge on any atom is -0.478 e. The molecule has 2 aromatic carbocycles. The van der Waals surface area contributed by atoms with Crippen molar-refractivity contribution >= 4 is 38.0 Å². The third kappa shape index (κ3) is 2.55. The van der Waals surface area contributed by atoms with Crippen molar-refractivity contribution in [3.8, 4) is 0 Å². The molecule has 0 aliphatic rings. The van der Waals surface area contributed by atoms with Gasteiger partial charge in [0, 0.05) is 0 Å². The van der Waals surface area contributed by atoms with Crippen LogP contribution >= 0.6 is 0 Å². The van der Waals surface area contributed by atoms with Crippen LogP contribution in [0.1, 0.15) is 22.8 Å². The Morgan fingerprint density at radius 3 is 2.46 bits per heavy atom. The summed E-state index contributed by atoms with van der Waals surface area (Å²) >= 11 is 0. The number of carbonyl (C=O) groups is 1. The van der Waals surface area contributed by atoms with Crippen molar-refractivity contribution in [3.05, 3.63) is 51.7 Å². The number of aryl methyl sites for hydroxylation is 1. The van der Waals surface area contributed by atoms with Gasteiger partial charge in [-0.25, -0.2) is 4.79 Å². The molecule has 0 unspecified atom stereocenters. The number of aromatic carboxylic acids is 1. The molecular formula is C16H12O7S. The van der Waals surface area contributed by atoms with Gasteiger partial charge in [0.25, 0.3) is 10.1 Å². The minimum absolute atomic E-state index is 0.0249. The van der Waals surface area contributed by atoms with Crippen molar-refractivity contribution in [2.75, 3.05) is 0 Å². The quantitative estimate of drug-likeness (QED) is 0.550. The molecule has 0 bridgehead atoms. The van der Waals surface area contributed by atoms with Crippen LogP contribution in [0.3, 0.4) is 0 Å². The van der Waals surface area contributed by atoms with Gasteiger partial charge in [-0.05, 0) is 42.3 Å². The first kappa shape index (κ1) is 16.2. The van der Waals surface area contributed by atoms with Crippen LogP contribution in [0.25, 0.3) is 21.9 Å². The average molecular weight is 348 g/mol. The molecule has 0 amide bonds. The van der Waals surface area contributed by atoms with Crippen molar-refractivity contribution in [1.29, 1.82) is 0 Å². The second-order valence-corrected chi connectivity index (χ2v) is 6.66. The zero-order valence-electron chi connectivity index (χ0n) is 12.4.